The molecule has 0 fully saturated rings. The fourth-order valence-electron chi connectivity index (χ4n) is 1.60. The molecule has 1 unspecified atom stereocenters. The Morgan fingerprint density at radius 3 is 2.93 bits per heavy atom. The van der Waals surface area contributed by atoms with Gasteiger partial charge in [0.15, 0.2) is 0 Å². The fourth-order valence-corrected chi connectivity index (χ4v) is 2.35. The SMILES string of the molecule is Cc1ccoc1C(Cc1cccs1)NN. The summed E-state index contributed by atoms with van der Waals surface area (Å²) in [4.78, 5) is 1.30. The van der Waals surface area contributed by atoms with E-state index < -0.39 is 0 Å². The molecule has 0 aliphatic rings. The number of thiophene rings is 1. The highest BCUT2D eigenvalue weighted by molar-refractivity contribution is 7.09. The van der Waals surface area contributed by atoms with Gasteiger partial charge in [-0.05, 0) is 30.0 Å². The van der Waals surface area contributed by atoms with Gasteiger partial charge in [-0.2, -0.15) is 0 Å². The van der Waals surface area contributed by atoms with Crippen LogP contribution in [0.25, 0.3) is 0 Å². The van der Waals surface area contributed by atoms with Gasteiger partial charge >= 0.3 is 0 Å². The average molecular weight is 222 g/mol. The first kappa shape index (κ1) is 10.4. The number of hydrazine groups is 1. The molecule has 1 atom stereocenters. The van der Waals surface area contributed by atoms with Gasteiger partial charge in [0.1, 0.15) is 5.76 Å². The average Bonchev–Trinajstić information content (AvgIpc) is 2.85. The quantitative estimate of drug-likeness (QED) is 0.617. The van der Waals surface area contributed by atoms with Crippen LogP contribution in [0.5, 0.6) is 0 Å². The molecule has 0 spiro atoms. The van der Waals surface area contributed by atoms with Gasteiger partial charge in [0, 0.05) is 11.3 Å². The predicted molar refractivity (Wildman–Crippen MR) is 61.5 cm³/mol. The largest absolute Gasteiger partial charge is 0.467 e. The summed E-state index contributed by atoms with van der Waals surface area (Å²) in [6.45, 7) is 2.03. The van der Waals surface area contributed by atoms with Crippen LogP contribution in [0.15, 0.2) is 34.3 Å². The van der Waals surface area contributed by atoms with E-state index in [1.54, 1.807) is 17.6 Å². The fraction of sp³-hybridized carbons (Fsp3) is 0.273. The lowest BCUT2D eigenvalue weighted by molar-refractivity contribution is 0.414. The summed E-state index contributed by atoms with van der Waals surface area (Å²) >= 11 is 1.73. The van der Waals surface area contributed by atoms with Gasteiger partial charge in [0.05, 0.1) is 12.3 Å². The van der Waals surface area contributed by atoms with E-state index in [9.17, 15) is 0 Å². The maximum Gasteiger partial charge on any atom is 0.125 e. The van der Waals surface area contributed by atoms with Crippen LogP contribution < -0.4 is 11.3 Å². The summed E-state index contributed by atoms with van der Waals surface area (Å²) in [6, 6.07) is 6.16. The number of aryl methyl sites for hydroxylation is 1. The summed E-state index contributed by atoms with van der Waals surface area (Å²) in [5, 5.41) is 2.07. The van der Waals surface area contributed by atoms with E-state index in [1.165, 1.54) is 4.88 Å². The first-order valence-electron chi connectivity index (χ1n) is 4.83. The van der Waals surface area contributed by atoms with Gasteiger partial charge in [-0.3, -0.25) is 5.84 Å². The van der Waals surface area contributed by atoms with Crippen molar-refractivity contribution in [3.63, 3.8) is 0 Å². The van der Waals surface area contributed by atoms with Crippen LogP contribution in [0.3, 0.4) is 0 Å². The number of furan rings is 1. The summed E-state index contributed by atoms with van der Waals surface area (Å²) < 4.78 is 5.43. The molecular weight excluding hydrogens is 208 g/mol. The van der Waals surface area contributed by atoms with Crippen LogP contribution in [0.2, 0.25) is 0 Å². The van der Waals surface area contributed by atoms with Crippen LogP contribution in [-0.2, 0) is 6.42 Å². The van der Waals surface area contributed by atoms with E-state index >= 15 is 0 Å². The molecule has 0 bridgehead atoms. The molecule has 0 saturated heterocycles. The highest BCUT2D eigenvalue weighted by atomic mass is 32.1. The number of nitrogens with two attached hydrogens (primary N) is 1. The Balaban J connectivity index is 2.15. The smallest absolute Gasteiger partial charge is 0.125 e. The lowest BCUT2D eigenvalue weighted by Crippen LogP contribution is -2.29. The molecule has 2 aromatic heterocycles. The van der Waals surface area contributed by atoms with Crippen molar-refractivity contribution in [3.05, 3.63) is 46.0 Å². The molecule has 2 heterocycles. The maximum atomic E-state index is 5.54. The molecule has 0 aromatic carbocycles. The number of hydrogen-bond acceptors (Lipinski definition) is 4. The number of rotatable bonds is 4. The van der Waals surface area contributed by atoms with Crippen molar-refractivity contribution in [3.8, 4) is 0 Å². The zero-order valence-electron chi connectivity index (χ0n) is 8.57. The topological polar surface area (TPSA) is 51.2 Å². The molecule has 80 valence electrons. The first-order valence-corrected chi connectivity index (χ1v) is 5.71. The van der Waals surface area contributed by atoms with Gasteiger partial charge in [0.2, 0.25) is 0 Å². The Bertz CT molecular complexity index is 408. The summed E-state index contributed by atoms with van der Waals surface area (Å²) in [7, 11) is 0. The molecule has 0 aliphatic heterocycles. The Morgan fingerprint density at radius 2 is 2.40 bits per heavy atom. The van der Waals surface area contributed by atoms with E-state index in [-0.39, 0.29) is 6.04 Å². The molecule has 0 aliphatic carbocycles. The van der Waals surface area contributed by atoms with Crippen molar-refractivity contribution >= 4 is 11.3 Å². The minimum Gasteiger partial charge on any atom is -0.467 e. The van der Waals surface area contributed by atoms with Crippen LogP contribution in [0.4, 0.5) is 0 Å². The van der Waals surface area contributed by atoms with Crippen molar-refractivity contribution in [1.82, 2.24) is 5.43 Å². The number of hydrogen-bond donors (Lipinski definition) is 2. The Hall–Kier alpha value is -1.10. The first-order chi connectivity index (χ1) is 7.31. The minimum atomic E-state index is 0.0543. The molecule has 4 heteroatoms. The zero-order valence-corrected chi connectivity index (χ0v) is 9.38. The minimum absolute atomic E-state index is 0.0543. The monoisotopic (exact) mass is 222 g/mol. The van der Waals surface area contributed by atoms with E-state index in [1.807, 2.05) is 19.1 Å². The van der Waals surface area contributed by atoms with Crippen molar-refractivity contribution in [2.45, 2.75) is 19.4 Å². The van der Waals surface area contributed by atoms with E-state index in [0.717, 1.165) is 17.7 Å². The predicted octanol–water partition coefficient (Wildman–Crippen LogP) is 2.40. The normalized spacial score (nSPS) is 12.9. The Labute approximate surface area is 92.9 Å². The molecule has 0 saturated carbocycles. The summed E-state index contributed by atoms with van der Waals surface area (Å²) in [6.07, 6.45) is 2.56. The molecule has 0 amide bonds. The molecular formula is C11H14N2OS. The number of nitrogens with one attached hydrogen (secondary N) is 1. The molecule has 2 aromatic rings. The maximum absolute atomic E-state index is 5.54. The van der Waals surface area contributed by atoms with Gasteiger partial charge in [-0.1, -0.05) is 6.07 Å². The van der Waals surface area contributed by atoms with Crippen molar-refractivity contribution in [2.75, 3.05) is 0 Å². The van der Waals surface area contributed by atoms with Gasteiger partial charge in [-0.25, -0.2) is 5.43 Å². The lowest BCUT2D eigenvalue weighted by Gasteiger charge is -2.13. The van der Waals surface area contributed by atoms with Gasteiger partial charge in [-0.15, -0.1) is 11.3 Å². The third-order valence-corrected chi connectivity index (χ3v) is 3.30. The standard InChI is InChI=1S/C11H14N2OS/c1-8-4-5-14-11(8)10(13-12)7-9-3-2-6-15-9/h2-6,10,13H,7,12H2,1H3. The Morgan fingerprint density at radius 1 is 1.53 bits per heavy atom. The van der Waals surface area contributed by atoms with Crippen molar-refractivity contribution in [2.24, 2.45) is 5.84 Å². The highest BCUT2D eigenvalue weighted by Crippen LogP contribution is 2.23. The van der Waals surface area contributed by atoms with Crippen molar-refractivity contribution < 1.29 is 4.42 Å². The second-order valence-corrected chi connectivity index (χ2v) is 4.50. The van der Waals surface area contributed by atoms with Crippen LogP contribution in [0.1, 0.15) is 22.2 Å². The summed E-state index contributed by atoms with van der Waals surface area (Å²) in [5.74, 6) is 6.47. The molecule has 15 heavy (non-hydrogen) atoms. The van der Waals surface area contributed by atoms with Crippen LogP contribution >= 0.6 is 11.3 Å². The zero-order chi connectivity index (χ0) is 10.7. The summed E-state index contributed by atoms with van der Waals surface area (Å²) in [5.41, 5.74) is 3.93. The third-order valence-electron chi connectivity index (χ3n) is 2.40. The van der Waals surface area contributed by atoms with Crippen LogP contribution in [-0.4, -0.2) is 0 Å². The lowest BCUT2D eigenvalue weighted by atomic mass is 10.1. The van der Waals surface area contributed by atoms with Crippen LogP contribution in [0, 0.1) is 6.92 Å². The van der Waals surface area contributed by atoms with E-state index in [2.05, 4.69) is 16.9 Å². The molecule has 0 radical (unpaired) electrons. The van der Waals surface area contributed by atoms with Crippen molar-refractivity contribution in [1.29, 1.82) is 0 Å². The van der Waals surface area contributed by atoms with E-state index in [4.69, 9.17) is 10.3 Å². The molecule has 2 rings (SSSR count). The Kier molecular flexibility index (Phi) is 3.20. The second-order valence-electron chi connectivity index (χ2n) is 3.47. The second kappa shape index (κ2) is 4.61. The highest BCUT2D eigenvalue weighted by Gasteiger charge is 2.16. The van der Waals surface area contributed by atoms with Gasteiger partial charge < -0.3 is 4.42 Å². The van der Waals surface area contributed by atoms with E-state index in [0.29, 0.717) is 0 Å². The molecule has 3 N–H and O–H groups in total. The van der Waals surface area contributed by atoms with Gasteiger partial charge in [0.25, 0.3) is 0 Å². The third kappa shape index (κ3) is 2.28. The molecule has 3 nitrogen and oxygen atoms in total.